The van der Waals surface area contributed by atoms with Crippen LogP contribution in [-0.2, 0) is 27.1 Å². The van der Waals surface area contributed by atoms with Crippen LogP contribution in [0.2, 0.25) is 0 Å². The van der Waals surface area contributed by atoms with E-state index in [1.54, 1.807) is 60.6 Å². The summed E-state index contributed by atoms with van der Waals surface area (Å²) in [6.07, 6.45) is 5.90. The minimum Gasteiger partial charge on any atom is -0.476 e. The van der Waals surface area contributed by atoms with Gasteiger partial charge in [0, 0.05) is 117 Å². The lowest BCUT2D eigenvalue weighted by Crippen LogP contribution is -2.50. The molecule has 8 heterocycles. The number of nitrogen functional groups attached to an aromatic ring is 1. The molecule has 5 aromatic heterocycles. The number of aromatic nitrogens is 3. The standard InChI is InChI=1S/C29H36N4O6S.C20H21N3O2S.C13H19N3O4S/c1-28(2,3)38-26(35)30-21-10-9-19(23-8-7-15-37-23)16-20(21)17-22(34)25-31-24(18-40-25)32-11-13-33(14-12-32)27(36)39-29(4,5)6;21-16-7-6-14(18-5-4-10-25-18)11-15(16)12-17(24)20-22-19(13-26-20)23-8-2-1-3-9-23;1-13(2,3)20-12(19)16-6-4-15(5-7-16)9-8-21-10(14-9)11(17)18/h7-10,15-16,18H,11-14,17H2,1-6H3,(H,30,35);4-7,10-11,13H,1-3,8-9,12,21H2;8H,4-7H2,1-3H3,(H,17,18). The molecule has 25 heteroatoms. The van der Waals surface area contributed by atoms with Crippen molar-refractivity contribution in [1.29, 1.82) is 0 Å². The molecule has 3 fully saturated rings. The number of thiazole rings is 3. The molecule has 0 spiro atoms. The van der Waals surface area contributed by atoms with Gasteiger partial charge in [0.15, 0.2) is 21.6 Å². The van der Waals surface area contributed by atoms with Gasteiger partial charge < -0.3 is 58.4 Å². The van der Waals surface area contributed by atoms with Crippen molar-refractivity contribution in [2.45, 2.75) is 111 Å². The molecule has 3 aliphatic rings. The van der Waals surface area contributed by atoms with E-state index in [9.17, 15) is 28.8 Å². The van der Waals surface area contributed by atoms with Crippen molar-refractivity contribution < 1.29 is 56.9 Å². The lowest BCUT2D eigenvalue weighted by atomic mass is 10.0. The van der Waals surface area contributed by atoms with Crippen molar-refractivity contribution in [3.05, 3.63) is 115 Å². The second-order valence-corrected chi connectivity index (χ2v) is 26.4. The number of ether oxygens (including phenoxy) is 3. The Balaban J connectivity index is 0.000000180. The summed E-state index contributed by atoms with van der Waals surface area (Å²) in [7, 11) is 0. The minimum atomic E-state index is -1.02. The van der Waals surface area contributed by atoms with E-state index >= 15 is 0 Å². The van der Waals surface area contributed by atoms with Crippen molar-refractivity contribution in [1.82, 2.24) is 24.8 Å². The van der Waals surface area contributed by atoms with Gasteiger partial charge in [0.05, 0.1) is 12.5 Å². The van der Waals surface area contributed by atoms with Crippen LogP contribution < -0.4 is 25.8 Å². The van der Waals surface area contributed by atoms with Crippen LogP contribution in [0.5, 0.6) is 0 Å². The number of hydrogen-bond acceptors (Lipinski definition) is 21. The number of aromatic carboxylic acids is 1. The average molecular weight is 1250 g/mol. The number of piperidine rings is 1. The molecule has 87 heavy (non-hydrogen) atoms. The molecule has 2 aromatic carbocycles. The number of rotatable bonds is 13. The molecule has 3 saturated heterocycles. The van der Waals surface area contributed by atoms with Crippen LogP contribution >= 0.6 is 34.0 Å². The molecule has 22 nitrogen and oxygen atoms in total. The molecule has 4 N–H and O–H groups in total. The van der Waals surface area contributed by atoms with Crippen molar-refractivity contribution in [2.24, 2.45) is 0 Å². The fourth-order valence-corrected chi connectivity index (χ4v) is 11.5. The largest absolute Gasteiger partial charge is 0.476 e. The number of carboxylic acids is 1. The second kappa shape index (κ2) is 28.5. The number of nitrogens with two attached hydrogens (primary N) is 1. The van der Waals surface area contributed by atoms with Crippen LogP contribution in [0.3, 0.4) is 0 Å². The quantitative estimate of drug-likeness (QED) is 0.0550. The van der Waals surface area contributed by atoms with E-state index in [2.05, 4.69) is 30.1 Å². The molecule has 7 aromatic rings. The van der Waals surface area contributed by atoms with Crippen molar-refractivity contribution in [3.8, 4) is 22.6 Å². The molecule has 3 aliphatic heterocycles. The smallest absolute Gasteiger partial charge is 0.412 e. The Morgan fingerprint density at radius 3 is 1.38 bits per heavy atom. The molecule has 0 aliphatic carbocycles. The monoisotopic (exact) mass is 1250 g/mol. The third-order valence-corrected chi connectivity index (χ3v) is 16.1. The van der Waals surface area contributed by atoms with Crippen molar-refractivity contribution >= 4 is 98.7 Å². The highest BCUT2D eigenvalue weighted by Gasteiger charge is 2.30. The summed E-state index contributed by atoms with van der Waals surface area (Å²) in [4.78, 5) is 96.6. The first kappa shape index (κ1) is 64.7. The predicted octanol–water partition coefficient (Wildman–Crippen LogP) is 12.5. The summed E-state index contributed by atoms with van der Waals surface area (Å²) in [5.41, 5.74) is 8.59. The number of ketones is 2. The summed E-state index contributed by atoms with van der Waals surface area (Å²) in [6, 6.07) is 18.4. The van der Waals surface area contributed by atoms with Gasteiger partial charge in [-0.05, 0) is 153 Å². The molecule has 10 rings (SSSR count). The Kier molecular flexibility index (Phi) is 21.2. The van der Waals surface area contributed by atoms with Crippen LogP contribution in [-0.4, -0.2) is 148 Å². The van der Waals surface area contributed by atoms with Crippen LogP contribution in [0.15, 0.2) is 98.2 Å². The highest BCUT2D eigenvalue weighted by Crippen LogP contribution is 2.31. The Morgan fingerprint density at radius 1 is 0.540 bits per heavy atom. The lowest BCUT2D eigenvalue weighted by Gasteiger charge is -2.35. The van der Waals surface area contributed by atoms with E-state index in [0.717, 1.165) is 52.7 Å². The Labute approximate surface area is 518 Å². The van der Waals surface area contributed by atoms with E-state index in [1.807, 2.05) is 106 Å². The van der Waals surface area contributed by atoms with Crippen LogP contribution in [0, 0.1) is 0 Å². The number of Topliss-reactive ketones (excluding diaryl/α,β-unsaturated/α-hetero) is 2. The third-order valence-electron chi connectivity index (χ3n) is 13.5. The van der Waals surface area contributed by atoms with Crippen LogP contribution in [0.25, 0.3) is 22.6 Å². The molecule has 464 valence electrons. The zero-order chi connectivity index (χ0) is 62.6. The molecular formula is C62H76N10O12S3. The number of piperazine rings is 2. The molecular weight excluding hydrogens is 1170 g/mol. The summed E-state index contributed by atoms with van der Waals surface area (Å²) < 4.78 is 27.2. The van der Waals surface area contributed by atoms with Gasteiger partial charge in [-0.2, -0.15) is 0 Å². The van der Waals surface area contributed by atoms with Crippen molar-refractivity contribution in [3.63, 3.8) is 0 Å². The summed E-state index contributed by atoms with van der Waals surface area (Å²) in [5, 5.41) is 18.2. The highest BCUT2D eigenvalue weighted by atomic mass is 32.1. The topological polar surface area (TPSA) is 270 Å². The summed E-state index contributed by atoms with van der Waals surface area (Å²) in [6.45, 7) is 22.9. The number of anilines is 5. The number of furan rings is 2. The molecule has 0 saturated carbocycles. The first-order valence-electron chi connectivity index (χ1n) is 28.7. The summed E-state index contributed by atoms with van der Waals surface area (Å²) in [5.74, 6) is 2.51. The Morgan fingerprint density at radius 2 is 0.954 bits per heavy atom. The van der Waals surface area contributed by atoms with E-state index in [1.165, 1.54) is 41.9 Å². The SMILES string of the molecule is CC(C)(C)OC(=O)N1CCN(c2csc(C(=O)O)n2)CC1.CC(C)(C)OC(=O)Nc1ccc(-c2ccco2)cc1CC(=O)c1nc(N2CCN(C(=O)OC(C)(C)C)CC2)cs1.Nc1ccc(-c2ccco2)cc1CC(=O)c1nc(N2CCCCC2)cs1. The van der Waals surface area contributed by atoms with Gasteiger partial charge in [0.25, 0.3) is 0 Å². The maximum Gasteiger partial charge on any atom is 0.412 e. The van der Waals surface area contributed by atoms with E-state index in [0.29, 0.717) is 96.7 Å². The highest BCUT2D eigenvalue weighted by molar-refractivity contribution is 7.12. The predicted molar refractivity (Wildman–Crippen MR) is 338 cm³/mol. The van der Waals surface area contributed by atoms with Crippen LogP contribution in [0.4, 0.5) is 43.2 Å². The Hall–Kier alpha value is -8.29. The maximum absolute atomic E-state index is 13.3. The number of hydrogen-bond donors (Lipinski definition) is 3. The second-order valence-electron chi connectivity index (χ2n) is 23.9. The normalized spacial score (nSPS) is 14.7. The van der Waals surface area contributed by atoms with Gasteiger partial charge in [0.1, 0.15) is 45.8 Å². The van der Waals surface area contributed by atoms with E-state index < -0.39 is 28.9 Å². The first-order valence-corrected chi connectivity index (χ1v) is 31.3. The van der Waals surface area contributed by atoms with Gasteiger partial charge in [-0.1, -0.05) is 0 Å². The van der Waals surface area contributed by atoms with Gasteiger partial charge in [-0.15, -0.1) is 34.0 Å². The molecule has 0 radical (unpaired) electrons. The van der Waals surface area contributed by atoms with Gasteiger partial charge in [0.2, 0.25) is 5.01 Å². The molecule has 0 unspecified atom stereocenters. The fourth-order valence-electron chi connectivity index (χ4n) is 9.32. The van der Waals surface area contributed by atoms with Crippen molar-refractivity contribution in [2.75, 3.05) is 91.2 Å². The number of carbonyl (C=O) groups is 6. The number of nitrogens with zero attached hydrogens (tertiary/aromatic N) is 8. The van der Waals surface area contributed by atoms with Gasteiger partial charge in [-0.25, -0.2) is 34.1 Å². The average Bonchev–Trinajstić information content (AvgIpc) is 3.47. The third kappa shape index (κ3) is 18.9. The zero-order valence-corrected chi connectivity index (χ0v) is 53.0. The number of benzene rings is 2. The molecule has 0 bridgehead atoms. The fraction of sp³-hybridized carbons (Fsp3) is 0.435. The van der Waals surface area contributed by atoms with E-state index in [4.69, 9.17) is 33.9 Å². The number of amides is 3. The number of carbonyl (C=O) groups excluding carboxylic acids is 5. The van der Waals surface area contributed by atoms with Crippen LogP contribution in [0.1, 0.15) is 122 Å². The zero-order valence-electron chi connectivity index (χ0n) is 50.6. The Bertz CT molecular complexity index is 3460. The molecule has 0 atom stereocenters. The lowest BCUT2D eigenvalue weighted by molar-refractivity contribution is 0.0230. The maximum atomic E-state index is 13.3. The summed E-state index contributed by atoms with van der Waals surface area (Å²) >= 11 is 3.80. The molecule has 3 amide bonds. The number of nitrogens with one attached hydrogen (secondary N) is 1. The van der Waals surface area contributed by atoms with E-state index in [-0.39, 0.29) is 41.6 Å². The number of carboxylic acid groups (broad SMARTS) is 1. The first-order chi connectivity index (χ1) is 41.2. The minimum absolute atomic E-state index is 0.00144. The van der Waals surface area contributed by atoms with Gasteiger partial charge in [-0.3, -0.25) is 14.9 Å². The van der Waals surface area contributed by atoms with Gasteiger partial charge >= 0.3 is 24.2 Å².